The van der Waals surface area contributed by atoms with Crippen LogP contribution in [0.1, 0.15) is 12.6 Å². The van der Waals surface area contributed by atoms with Gasteiger partial charge in [-0.25, -0.2) is 4.98 Å². The van der Waals surface area contributed by atoms with Crippen LogP contribution in [0.15, 0.2) is 23.0 Å². The van der Waals surface area contributed by atoms with Gasteiger partial charge in [-0.3, -0.25) is 4.79 Å². The Morgan fingerprint density at radius 1 is 1.30 bits per heavy atom. The van der Waals surface area contributed by atoms with Crippen LogP contribution in [-0.4, -0.2) is 24.2 Å². The van der Waals surface area contributed by atoms with Gasteiger partial charge in [-0.15, -0.1) is 0 Å². The van der Waals surface area contributed by atoms with E-state index in [-0.39, 0.29) is 5.56 Å². The number of ether oxygens (including phenoxy) is 2. The van der Waals surface area contributed by atoms with E-state index in [0.717, 1.165) is 5.69 Å². The largest absolute Gasteiger partial charge is 0.493 e. The van der Waals surface area contributed by atoms with Gasteiger partial charge in [0.2, 0.25) is 0 Å². The smallest absolute Gasteiger partial charge is 0.264 e. The van der Waals surface area contributed by atoms with Crippen LogP contribution >= 0.6 is 22.6 Å². The molecule has 20 heavy (non-hydrogen) atoms. The number of rotatable bonds is 4. The van der Waals surface area contributed by atoms with Crippen molar-refractivity contribution in [3.63, 3.8) is 0 Å². The second-order valence-corrected chi connectivity index (χ2v) is 5.15. The minimum Gasteiger partial charge on any atom is -0.493 e. The summed E-state index contributed by atoms with van der Waals surface area (Å²) in [5, 5.41) is 0. The zero-order valence-electron chi connectivity index (χ0n) is 11.5. The van der Waals surface area contributed by atoms with Crippen molar-refractivity contribution in [2.24, 2.45) is 0 Å². The number of hydrogen-bond donors (Lipinski definition) is 1. The van der Waals surface area contributed by atoms with E-state index in [4.69, 9.17) is 9.47 Å². The third kappa shape index (κ3) is 2.65. The average Bonchev–Trinajstić information content (AvgIpc) is 2.48. The molecule has 0 atom stereocenters. The molecule has 0 aliphatic rings. The molecule has 0 unspecified atom stereocenters. The predicted octanol–water partition coefficient (Wildman–Crippen LogP) is 2.62. The van der Waals surface area contributed by atoms with E-state index in [1.807, 2.05) is 41.6 Å². The maximum Gasteiger partial charge on any atom is 0.264 e. The maximum atomic E-state index is 12.0. The van der Waals surface area contributed by atoms with Gasteiger partial charge in [0.05, 0.1) is 29.0 Å². The van der Waals surface area contributed by atoms with Gasteiger partial charge in [0, 0.05) is 0 Å². The third-order valence-corrected chi connectivity index (χ3v) is 4.04. The Labute approximate surface area is 130 Å². The highest BCUT2D eigenvalue weighted by Crippen LogP contribution is 2.36. The minimum atomic E-state index is -0.141. The molecule has 0 saturated carbocycles. The van der Waals surface area contributed by atoms with Crippen molar-refractivity contribution in [2.45, 2.75) is 13.3 Å². The van der Waals surface area contributed by atoms with Crippen molar-refractivity contribution in [3.05, 3.63) is 37.8 Å². The maximum absolute atomic E-state index is 12.0. The zero-order valence-corrected chi connectivity index (χ0v) is 13.6. The van der Waals surface area contributed by atoms with Crippen LogP contribution in [0.4, 0.5) is 0 Å². The summed E-state index contributed by atoms with van der Waals surface area (Å²) in [7, 11) is 3.14. The van der Waals surface area contributed by atoms with Crippen molar-refractivity contribution in [1.29, 1.82) is 0 Å². The van der Waals surface area contributed by atoms with Crippen molar-refractivity contribution >= 4 is 22.6 Å². The Balaban J connectivity index is 2.69. The molecule has 2 aromatic rings. The van der Waals surface area contributed by atoms with E-state index in [1.165, 1.54) is 0 Å². The van der Waals surface area contributed by atoms with Gasteiger partial charge in [-0.05, 0) is 41.1 Å². The van der Waals surface area contributed by atoms with Crippen LogP contribution in [0.5, 0.6) is 11.5 Å². The first-order valence-electron chi connectivity index (χ1n) is 6.12. The second-order valence-electron chi connectivity index (χ2n) is 4.07. The van der Waals surface area contributed by atoms with Gasteiger partial charge in [0.25, 0.3) is 5.56 Å². The summed E-state index contributed by atoms with van der Waals surface area (Å²) in [5.41, 5.74) is 1.33. The molecule has 0 saturated heterocycles. The summed E-state index contributed by atoms with van der Waals surface area (Å²) < 4.78 is 11.3. The molecule has 1 N–H and O–H groups in total. The lowest BCUT2D eigenvalue weighted by atomic mass is 10.1. The van der Waals surface area contributed by atoms with E-state index in [9.17, 15) is 4.79 Å². The molecule has 0 amide bonds. The Kier molecular flexibility index (Phi) is 4.64. The molecule has 0 spiro atoms. The summed E-state index contributed by atoms with van der Waals surface area (Å²) >= 11 is 2.01. The van der Waals surface area contributed by atoms with Gasteiger partial charge in [0.15, 0.2) is 11.5 Å². The van der Waals surface area contributed by atoms with Gasteiger partial charge >= 0.3 is 0 Å². The van der Waals surface area contributed by atoms with Crippen LogP contribution < -0.4 is 15.0 Å². The van der Waals surface area contributed by atoms with E-state index in [1.54, 1.807) is 20.3 Å². The van der Waals surface area contributed by atoms with Crippen LogP contribution in [0.2, 0.25) is 0 Å². The number of H-pyrrole nitrogens is 1. The summed E-state index contributed by atoms with van der Waals surface area (Å²) in [5.74, 6) is 1.65. The number of aromatic nitrogens is 2. The van der Waals surface area contributed by atoms with E-state index >= 15 is 0 Å². The molecule has 1 aromatic heterocycles. The number of nitrogens with zero attached hydrogens (tertiary/aromatic N) is 1. The molecule has 0 bridgehead atoms. The molecule has 0 fully saturated rings. The fraction of sp³-hybridized carbons (Fsp3) is 0.286. The fourth-order valence-corrected chi connectivity index (χ4v) is 2.58. The van der Waals surface area contributed by atoms with Gasteiger partial charge < -0.3 is 14.5 Å². The molecule has 1 heterocycles. The molecule has 0 aliphatic heterocycles. The van der Waals surface area contributed by atoms with Gasteiger partial charge in [-0.1, -0.05) is 13.0 Å². The Morgan fingerprint density at radius 3 is 2.65 bits per heavy atom. The monoisotopic (exact) mass is 386 g/mol. The quantitative estimate of drug-likeness (QED) is 0.821. The Bertz CT molecular complexity index is 683. The predicted molar refractivity (Wildman–Crippen MR) is 85.5 cm³/mol. The number of halogens is 1. The molecular weight excluding hydrogens is 371 g/mol. The number of aromatic amines is 1. The van der Waals surface area contributed by atoms with Gasteiger partial charge in [0.1, 0.15) is 5.82 Å². The van der Waals surface area contributed by atoms with Crippen molar-refractivity contribution in [3.8, 4) is 22.9 Å². The van der Waals surface area contributed by atoms with Crippen molar-refractivity contribution < 1.29 is 9.47 Å². The molecule has 2 rings (SSSR count). The summed E-state index contributed by atoms with van der Waals surface area (Å²) in [6.07, 6.45) is 0.696. The van der Waals surface area contributed by atoms with E-state index in [2.05, 4.69) is 9.97 Å². The summed E-state index contributed by atoms with van der Waals surface area (Å²) in [6, 6.07) is 5.47. The number of methoxy groups -OCH3 is 2. The first-order valence-corrected chi connectivity index (χ1v) is 7.20. The molecule has 0 aliphatic carbocycles. The highest BCUT2D eigenvalue weighted by atomic mass is 127. The van der Waals surface area contributed by atoms with Gasteiger partial charge in [-0.2, -0.15) is 0 Å². The zero-order chi connectivity index (χ0) is 14.7. The lowest BCUT2D eigenvalue weighted by Crippen LogP contribution is -2.16. The summed E-state index contributed by atoms with van der Waals surface area (Å²) in [6.45, 7) is 1.97. The first-order chi connectivity index (χ1) is 9.62. The standard InChI is InChI=1S/C14H15IN2O3/c1-4-9-11(15)14(18)17-13(16-9)8-6-5-7-10(19-2)12(8)20-3/h5-7H,4H2,1-3H3,(H,16,17,18). The van der Waals surface area contributed by atoms with Crippen molar-refractivity contribution in [2.75, 3.05) is 14.2 Å². The topological polar surface area (TPSA) is 64.2 Å². The number of aryl methyl sites for hydroxylation is 1. The lowest BCUT2D eigenvalue weighted by molar-refractivity contribution is 0.356. The minimum absolute atomic E-state index is 0.141. The highest BCUT2D eigenvalue weighted by Gasteiger charge is 2.15. The van der Waals surface area contributed by atoms with Crippen LogP contribution in [0, 0.1) is 3.57 Å². The number of para-hydroxylation sites is 1. The number of hydrogen-bond acceptors (Lipinski definition) is 4. The third-order valence-electron chi connectivity index (χ3n) is 2.92. The molecule has 5 nitrogen and oxygen atoms in total. The van der Waals surface area contributed by atoms with E-state index in [0.29, 0.717) is 32.9 Å². The molecule has 1 aromatic carbocycles. The summed E-state index contributed by atoms with van der Waals surface area (Å²) in [4.78, 5) is 19.3. The average molecular weight is 386 g/mol. The SMILES string of the molecule is CCc1nc(-c2cccc(OC)c2OC)[nH]c(=O)c1I. The van der Waals surface area contributed by atoms with Crippen LogP contribution in [0.25, 0.3) is 11.4 Å². The van der Waals surface area contributed by atoms with Crippen molar-refractivity contribution in [1.82, 2.24) is 9.97 Å². The molecule has 6 heteroatoms. The molecule has 0 radical (unpaired) electrons. The highest BCUT2D eigenvalue weighted by molar-refractivity contribution is 14.1. The second kappa shape index (κ2) is 6.25. The first kappa shape index (κ1) is 14.8. The Morgan fingerprint density at radius 2 is 2.05 bits per heavy atom. The molecule has 106 valence electrons. The number of nitrogens with one attached hydrogen (secondary N) is 1. The fourth-order valence-electron chi connectivity index (χ4n) is 1.94. The number of benzene rings is 1. The lowest BCUT2D eigenvalue weighted by Gasteiger charge is -2.12. The van der Waals surface area contributed by atoms with E-state index < -0.39 is 0 Å². The Hall–Kier alpha value is -1.57. The molecular formula is C14H15IN2O3. The van der Waals surface area contributed by atoms with Crippen LogP contribution in [0.3, 0.4) is 0 Å². The normalized spacial score (nSPS) is 10.4. The van der Waals surface area contributed by atoms with Crippen LogP contribution in [-0.2, 0) is 6.42 Å².